The Labute approximate surface area is 229 Å². The molecule has 0 N–H and O–H groups in total. The third-order valence-electron chi connectivity index (χ3n) is 8.12. The Bertz CT molecular complexity index is 1230. The lowest BCUT2D eigenvalue weighted by atomic mass is 9.78. The van der Waals surface area contributed by atoms with E-state index in [2.05, 4.69) is 53.2 Å². The van der Waals surface area contributed by atoms with Gasteiger partial charge in [0.1, 0.15) is 5.75 Å². The Kier molecular flexibility index (Phi) is 8.65. The number of nitrogens with zero attached hydrogens (tertiary/aromatic N) is 2. The molecule has 2 aromatic carbocycles. The Hall–Kier alpha value is -2.90. The Morgan fingerprint density at radius 1 is 1.03 bits per heavy atom. The number of amides is 1. The first-order chi connectivity index (χ1) is 18.6. The molecule has 6 nitrogen and oxygen atoms in total. The van der Waals surface area contributed by atoms with Gasteiger partial charge in [0.05, 0.1) is 19.1 Å². The predicted molar refractivity (Wildman–Crippen MR) is 152 cm³/mol. The van der Waals surface area contributed by atoms with Crippen LogP contribution in [0.15, 0.2) is 48.7 Å². The molecule has 38 heavy (non-hydrogen) atoms. The van der Waals surface area contributed by atoms with Crippen LogP contribution in [-0.2, 0) is 9.53 Å². The zero-order chi connectivity index (χ0) is 26.5. The number of aromatic nitrogens is 1. The molecule has 2 aliphatic rings. The largest absolute Gasteiger partial charge is 0.496 e. The topological polar surface area (TPSA) is 60.9 Å². The first kappa shape index (κ1) is 26.7. The van der Waals surface area contributed by atoms with Gasteiger partial charge in [-0.1, -0.05) is 35.6 Å². The smallest absolute Gasteiger partial charge is 0.273 e. The monoisotopic (exact) mass is 534 g/mol. The molecule has 0 atom stereocenters. The highest BCUT2D eigenvalue weighted by Crippen LogP contribution is 2.39. The van der Waals surface area contributed by atoms with E-state index in [1.807, 2.05) is 12.3 Å². The molecule has 1 amide bonds. The molecular formula is C31H38N2O4S. The van der Waals surface area contributed by atoms with Gasteiger partial charge in [0.15, 0.2) is 0 Å². The van der Waals surface area contributed by atoms with Gasteiger partial charge in [0.25, 0.3) is 5.19 Å². The van der Waals surface area contributed by atoms with Gasteiger partial charge in [0, 0.05) is 37.6 Å². The van der Waals surface area contributed by atoms with Gasteiger partial charge in [-0.2, -0.15) is 0 Å². The molecule has 3 aromatic rings. The fraction of sp³-hybridized carbons (Fsp3) is 0.484. The second-order valence-corrected chi connectivity index (χ2v) is 11.5. The summed E-state index contributed by atoms with van der Waals surface area (Å²) in [6, 6.07) is 14.9. The predicted octanol–water partition coefficient (Wildman–Crippen LogP) is 6.87. The van der Waals surface area contributed by atoms with E-state index < -0.39 is 0 Å². The van der Waals surface area contributed by atoms with Crippen LogP contribution in [0, 0.1) is 18.8 Å². The number of benzene rings is 2. The van der Waals surface area contributed by atoms with E-state index >= 15 is 0 Å². The van der Waals surface area contributed by atoms with Crippen molar-refractivity contribution in [1.29, 1.82) is 0 Å². The molecule has 1 aliphatic carbocycles. The summed E-state index contributed by atoms with van der Waals surface area (Å²) in [7, 11) is 3.36. The molecule has 1 aromatic heterocycles. The van der Waals surface area contributed by atoms with E-state index in [1.54, 1.807) is 14.2 Å². The maximum absolute atomic E-state index is 13.9. The van der Waals surface area contributed by atoms with E-state index in [-0.39, 0.29) is 11.8 Å². The van der Waals surface area contributed by atoms with Crippen LogP contribution in [0.5, 0.6) is 10.9 Å². The van der Waals surface area contributed by atoms with Crippen LogP contribution in [-0.4, -0.2) is 44.9 Å². The van der Waals surface area contributed by atoms with Gasteiger partial charge in [-0.3, -0.25) is 4.79 Å². The van der Waals surface area contributed by atoms with E-state index in [9.17, 15) is 4.79 Å². The number of carbonyl (C=O) groups excluding carboxylic acids is 1. The number of aryl methyl sites for hydroxylation is 1. The molecule has 202 valence electrons. The van der Waals surface area contributed by atoms with E-state index in [1.165, 1.54) is 22.5 Å². The van der Waals surface area contributed by atoms with Crippen molar-refractivity contribution in [3.05, 3.63) is 59.8 Å². The molecule has 1 aliphatic heterocycles. The van der Waals surface area contributed by atoms with E-state index in [4.69, 9.17) is 14.2 Å². The summed E-state index contributed by atoms with van der Waals surface area (Å²) in [5.74, 6) is 2.26. The number of carbonyl (C=O) groups is 1. The van der Waals surface area contributed by atoms with Crippen molar-refractivity contribution in [2.75, 3.05) is 38.9 Å². The molecule has 1 saturated carbocycles. The molecule has 0 bridgehead atoms. The van der Waals surface area contributed by atoms with Crippen LogP contribution < -0.4 is 14.4 Å². The van der Waals surface area contributed by atoms with Crippen molar-refractivity contribution in [2.45, 2.75) is 51.4 Å². The second-order valence-electron chi connectivity index (χ2n) is 10.5. The summed E-state index contributed by atoms with van der Waals surface area (Å²) in [5.41, 5.74) is 4.63. The molecule has 7 heteroatoms. The summed E-state index contributed by atoms with van der Waals surface area (Å²) < 4.78 is 16.3. The third kappa shape index (κ3) is 6.05. The molecule has 0 radical (unpaired) electrons. The lowest BCUT2D eigenvalue weighted by Crippen LogP contribution is -2.42. The summed E-state index contributed by atoms with van der Waals surface area (Å²) >= 11 is 1.52. The van der Waals surface area contributed by atoms with Crippen molar-refractivity contribution in [3.63, 3.8) is 0 Å². The van der Waals surface area contributed by atoms with Crippen LogP contribution in [0.3, 0.4) is 0 Å². The first-order valence-electron chi connectivity index (χ1n) is 13.7. The number of hydrogen-bond donors (Lipinski definition) is 0. The highest BCUT2D eigenvalue weighted by Gasteiger charge is 2.31. The van der Waals surface area contributed by atoms with Crippen LogP contribution in [0.1, 0.15) is 55.6 Å². The first-order valence-corrected chi connectivity index (χ1v) is 14.5. The normalized spacial score (nSPS) is 20.2. The number of thiazole rings is 1. The average molecular weight is 535 g/mol. The van der Waals surface area contributed by atoms with Crippen LogP contribution in [0.25, 0.3) is 10.4 Å². The van der Waals surface area contributed by atoms with Crippen LogP contribution in [0.4, 0.5) is 5.69 Å². The Morgan fingerprint density at radius 3 is 2.50 bits per heavy atom. The van der Waals surface area contributed by atoms with Crippen molar-refractivity contribution in [3.8, 4) is 21.4 Å². The lowest BCUT2D eigenvalue weighted by molar-refractivity contribution is -0.125. The quantitative estimate of drug-likeness (QED) is 0.316. The average Bonchev–Trinajstić information content (AvgIpc) is 3.46. The molecular weight excluding hydrogens is 496 g/mol. The van der Waals surface area contributed by atoms with Gasteiger partial charge in [-0.25, -0.2) is 4.98 Å². The summed E-state index contributed by atoms with van der Waals surface area (Å²) in [4.78, 5) is 21.3. The summed E-state index contributed by atoms with van der Waals surface area (Å²) in [5, 5.41) is 0.643. The molecule has 0 unspecified atom stereocenters. The number of anilines is 1. The highest BCUT2D eigenvalue weighted by atomic mass is 32.1. The van der Waals surface area contributed by atoms with Gasteiger partial charge < -0.3 is 19.1 Å². The molecule has 2 fully saturated rings. The van der Waals surface area contributed by atoms with Gasteiger partial charge in [0.2, 0.25) is 5.91 Å². The van der Waals surface area contributed by atoms with Gasteiger partial charge >= 0.3 is 0 Å². The third-order valence-corrected chi connectivity index (χ3v) is 9.12. The van der Waals surface area contributed by atoms with E-state index in [0.717, 1.165) is 66.9 Å². The summed E-state index contributed by atoms with van der Waals surface area (Å²) in [6.45, 7) is 4.21. The van der Waals surface area contributed by atoms with Crippen LogP contribution in [0.2, 0.25) is 0 Å². The SMILES string of the molecule is COc1ncc(-c2cccc(N(CC3CCC(c4ccc(OC)c(C)c4)CC3)C(=O)C3CCOCC3)c2)s1. The standard InChI is InChI=1S/C31H38N2O4S/c1-21-17-25(11-12-28(21)35-2)23-9-7-22(8-10-23)20-33(30(34)24-13-15-37-16-14-24)27-6-4-5-26(18-27)29-19-32-31(36-3)38-29/h4-6,11-12,17-19,22-24H,7-10,13-16,20H2,1-3H3. The maximum atomic E-state index is 13.9. The summed E-state index contributed by atoms with van der Waals surface area (Å²) in [6.07, 6.45) is 7.98. The molecule has 0 spiro atoms. The van der Waals surface area contributed by atoms with Crippen molar-refractivity contribution in [1.82, 2.24) is 4.98 Å². The number of methoxy groups -OCH3 is 2. The Balaban J connectivity index is 1.33. The van der Waals surface area contributed by atoms with E-state index in [0.29, 0.717) is 30.2 Å². The number of ether oxygens (including phenoxy) is 3. The minimum Gasteiger partial charge on any atom is -0.496 e. The Morgan fingerprint density at radius 2 is 1.82 bits per heavy atom. The van der Waals surface area contributed by atoms with Gasteiger partial charge in [-0.05, 0) is 92.2 Å². The maximum Gasteiger partial charge on any atom is 0.273 e. The minimum absolute atomic E-state index is 0.0227. The number of hydrogen-bond acceptors (Lipinski definition) is 6. The van der Waals surface area contributed by atoms with Gasteiger partial charge in [-0.15, -0.1) is 0 Å². The fourth-order valence-electron chi connectivity index (χ4n) is 5.89. The molecule has 5 rings (SSSR count). The fourth-order valence-corrected chi connectivity index (χ4v) is 6.62. The zero-order valence-electron chi connectivity index (χ0n) is 22.7. The number of rotatable bonds is 8. The highest BCUT2D eigenvalue weighted by molar-refractivity contribution is 7.16. The van der Waals surface area contributed by atoms with Crippen molar-refractivity contribution in [2.24, 2.45) is 11.8 Å². The minimum atomic E-state index is 0.0227. The van der Waals surface area contributed by atoms with Crippen LogP contribution >= 0.6 is 11.3 Å². The lowest BCUT2D eigenvalue weighted by Gasteiger charge is -2.35. The van der Waals surface area contributed by atoms with Crippen molar-refractivity contribution < 1.29 is 19.0 Å². The van der Waals surface area contributed by atoms with Crippen molar-refractivity contribution >= 4 is 22.9 Å². The second kappa shape index (κ2) is 12.3. The zero-order valence-corrected chi connectivity index (χ0v) is 23.5. The molecule has 1 saturated heterocycles. The molecule has 2 heterocycles.